The zero-order valence-electron chi connectivity index (χ0n) is 7.38. The van der Waals surface area contributed by atoms with E-state index in [0.29, 0.717) is 6.42 Å². The van der Waals surface area contributed by atoms with Crippen LogP contribution in [0.2, 0.25) is 0 Å². The summed E-state index contributed by atoms with van der Waals surface area (Å²) in [5.41, 5.74) is -0.0297. The molecule has 0 aliphatic heterocycles. The average molecular weight is 198 g/mol. The third-order valence-electron chi connectivity index (χ3n) is 1.46. The maximum Gasteiger partial charge on any atom is 0.341 e. The van der Waals surface area contributed by atoms with Gasteiger partial charge in [0.1, 0.15) is 5.56 Å². The van der Waals surface area contributed by atoms with Gasteiger partial charge in [0.2, 0.25) is 5.88 Å². The fourth-order valence-electron chi connectivity index (χ4n) is 0.822. The Kier molecular flexibility index (Phi) is 3.81. The molecule has 0 aromatic carbocycles. The van der Waals surface area contributed by atoms with Gasteiger partial charge < -0.3 is 14.9 Å². The van der Waals surface area contributed by atoms with Crippen LogP contribution < -0.4 is 4.74 Å². The van der Waals surface area contributed by atoms with Crippen molar-refractivity contribution in [1.82, 2.24) is 10.2 Å². The van der Waals surface area contributed by atoms with Crippen LogP contribution in [-0.4, -0.2) is 39.6 Å². The van der Waals surface area contributed by atoms with Gasteiger partial charge in [0, 0.05) is 13.0 Å². The van der Waals surface area contributed by atoms with Crippen LogP contribution in [0.5, 0.6) is 5.88 Å². The summed E-state index contributed by atoms with van der Waals surface area (Å²) in [4.78, 5) is 10.7. The van der Waals surface area contributed by atoms with Crippen molar-refractivity contribution < 1.29 is 19.7 Å². The van der Waals surface area contributed by atoms with Crippen LogP contribution in [0.15, 0.2) is 12.3 Å². The summed E-state index contributed by atoms with van der Waals surface area (Å²) in [5, 5.41) is 24.3. The molecule has 1 aromatic heterocycles. The number of aromatic carboxylic acids is 1. The van der Waals surface area contributed by atoms with Gasteiger partial charge in [-0.15, -0.1) is 5.10 Å². The number of aliphatic hydroxyl groups excluding tert-OH is 1. The van der Waals surface area contributed by atoms with Gasteiger partial charge in [0.25, 0.3) is 0 Å². The molecule has 0 amide bonds. The Morgan fingerprint density at radius 1 is 1.57 bits per heavy atom. The van der Waals surface area contributed by atoms with Gasteiger partial charge in [-0.2, -0.15) is 5.10 Å². The summed E-state index contributed by atoms with van der Waals surface area (Å²) < 4.78 is 5.02. The second kappa shape index (κ2) is 5.13. The van der Waals surface area contributed by atoms with Crippen molar-refractivity contribution in [3.63, 3.8) is 0 Å². The second-order valence-corrected chi connectivity index (χ2v) is 2.48. The highest BCUT2D eigenvalue weighted by molar-refractivity contribution is 5.89. The van der Waals surface area contributed by atoms with Crippen molar-refractivity contribution in [2.75, 3.05) is 13.2 Å². The Hall–Kier alpha value is -1.69. The minimum Gasteiger partial charge on any atom is -0.477 e. The van der Waals surface area contributed by atoms with E-state index in [4.69, 9.17) is 14.9 Å². The lowest BCUT2D eigenvalue weighted by Gasteiger charge is -2.04. The molecule has 6 heteroatoms. The van der Waals surface area contributed by atoms with Crippen LogP contribution in [0.3, 0.4) is 0 Å². The summed E-state index contributed by atoms with van der Waals surface area (Å²) >= 11 is 0. The Morgan fingerprint density at radius 3 is 3.00 bits per heavy atom. The lowest BCUT2D eigenvalue weighted by Crippen LogP contribution is -2.07. The predicted octanol–water partition coefficient (Wildman–Crippen LogP) is -0.0640. The maximum absolute atomic E-state index is 10.7. The highest BCUT2D eigenvalue weighted by Crippen LogP contribution is 2.12. The van der Waals surface area contributed by atoms with E-state index in [0.717, 1.165) is 0 Å². The first kappa shape index (κ1) is 10.4. The Labute approximate surface area is 80.2 Å². The van der Waals surface area contributed by atoms with Crippen molar-refractivity contribution in [3.05, 3.63) is 17.8 Å². The van der Waals surface area contributed by atoms with Crippen LogP contribution in [0.1, 0.15) is 16.8 Å². The van der Waals surface area contributed by atoms with Crippen LogP contribution >= 0.6 is 0 Å². The molecule has 2 N–H and O–H groups in total. The Morgan fingerprint density at radius 2 is 2.36 bits per heavy atom. The van der Waals surface area contributed by atoms with Crippen LogP contribution in [0, 0.1) is 0 Å². The van der Waals surface area contributed by atoms with E-state index in [2.05, 4.69) is 10.2 Å². The molecule has 14 heavy (non-hydrogen) atoms. The Bertz CT molecular complexity index is 316. The van der Waals surface area contributed by atoms with Crippen LogP contribution in [0.25, 0.3) is 0 Å². The summed E-state index contributed by atoms with van der Waals surface area (Å²) in [6, 6.07) is 1.31. The SMILES string of the molecule is O=C(O)c1ccnnc1OCCCO. The molecule has 0 spiro atoms. The second-order valence-electron chi connectivity index (χ2n) is 2.48. The maximum atomic E-state index is 10.7. The van der Waals surface area contributed by atoms with Gasteiger partial charge in [-0.1, -0.05) is 0 Å². The number of carbonyl (C=O) groups is 1. The monoisotopic (exact) mass is 198 g/mol. The molecule has 1 aromatic rings. The topological polar surface area (TPSA) is 92.5 Å². The number of carboxylic acids is 1. The first-order valence-corrected chi connectivity index (χ1v) is 4.04. The van der Waals surface area contributed by atoms with E-state index >= 15 is 0 Å². The molecule has 6 nitrogen and oxygen atoms in total. The lowest BCUT2D eigenvalue weighted by atomic mass is 10.3. The molecule has 0 aliphatic rings. The number of nitrogens with zero attached hydrogens (tertiary/aromatic N) is 2. The summed E-state index contributed by atoms with van der Waals surface area (Å²) in [5.74, 6) is -1.13. The number of aromatic nitrogens is 2. The average Bonchev–Trinajstić information content (AvgIpc) is 2.19. The fraction of sp³-hybridized carbons (Fsp3) is 0.375. The molecule has 0 bridgehead atoms. The van der Waals surface area contributed by atoms with E-state index in [1.54, 1.807) is 0 Å². The first-order chi connectivity index (χ1) is 6.75. The molecule has 0 fully saturated rings. The van der Waals surface area contributed by atoms with Crippen molar-refractivity contribution in [2.24, 2.45) is 0 Å². The number of ether oxygens (including phenoxy) is 1. The molecule has 76 valence electrons. The van der Waals surface area contributed by atoms with E-state index in [1.807, 2.05) is 0 Å². The van der Waals surface area contributed by atoms with Crippen molar-refractivity contribution in [3.8, 4) is 5.88 Å². The summed E-state index contributed by atoms with van der Waals surface area (Å²) in [7, 11) is 0. The van der Waals surface area contributed by atoms with Gasteiger partial charge in [0.05, 0.1) is 12.8 Å². The highest BCUT2D eigenvalue weighted by atomic mass is 16.5. The van der Waals surface area contributed by atoms with E-state index in [1.165, 1.54) is 12.3 Å². The van der Waals surface area contributed by atoms with Gasteiger partial charge >= 0.3 is 5.97 Å². The lowest BCUT2D eigenvalue weighted by molar-refractivity contribution is 0.0690. The van der Waals surface area contributed by atoms with Gasteiger partial charge in [-0.3, -0.25) is 0 Å². The molecule has 0 unspecified atom stereocenters. The number of aliphatic hydroxyl groups is 1. The van der Waals surface area contributed by atoms with Crippen molar-refractivity contribution >= 4 is 5.97 Å². The van der Waals surface area contributed by atoms with E-state index < -0.39 is 5.97 Å². The van der Waals surface area contributed by atoms with Crippen LogP contribution in [-0.2, 0) is 0 Å². The number of rotatable bonds is 5. The summed E-state index contributed by atoms with van der Waals surface area (Å²) in [6.45, 7) is 0.206. The molecular formula is C8H10N2O4. The fourth-order valence-corrected chi connectivity index (χ4v) is 0.822. The molecule has 0 saturated carbocycles. The first-order valence-electron chi connectivity index (χ1n) is 4.04. The molecule has 0 radical (unpaired) electrons. The smallest absolute Gasteiger partial charge is 0.341 e. The zero-order chi connectivity index (χ0) is 10.4. The molecule has 1 heterocycles. The molecule has 1 rings (SSSR count). The number of hydrogen-bond donors (Lipinski definition) is 2. The van der Waals surface area contributed by atoms with Gasteiger partial charge in [-0.25, -0.2) is 4.79 Å². The number of hydrogen-bond acceptors (Lipinski definition) is 5. The van der Waals surface area contributed by atoms with Gasteiger partial charge in [0.15, 0.2) is 0 Å². The minimum absolute atomic E-state index is 0.0112. The molecule has 0 atom stereocenters. The van der Waals surface area contributed by atoms with Crippen LogP contribution in [0.4, 0.5) is 0 Å². The quantitative estimate of drug-likeness (QED) is 0.643. The molecular weight excluding hydrogens is 188 g/mol. The third kappa shape index (κ3) is 2.67. The van der Waals surface area contributed by atoms with E-state index in [-0.39, 0.29) is 24.7 Å². The normalized spacial score (nSPS) is 9.79. The zero-order valence-corrected chi connectivity index (χ0v) is 7.38. The standard InChI is InChI=1S/C8H10N2O4/c11-4-1-5-14-7-6(8(12)13)2-3-9-10-7/h2-3,11H,1,4-5H2,(H,12,13). The summed E-state index contributed by atoms with van der Waals surface area (Å²) in [6.07, 6.45) is 1.71. The van der Waals surface area contributed by atoms with Crippen molar-refractivity contribution in [1.29, 1.82) is 0 Å². The third-order valence-corrected chi connectivity index (χ3v) is 1.46. The molecule has 0 aliphatic carbocycles. The van der Waals surface area contributed by atoms with E-state index in [9.17, 15) is 4.79 Å². The van der Waals surface area contributed by atoms with Gasteiger partial charge in [-0.05, 0) is 6.07 Å². The largest absolute Gasteiger partial charge is 0.477 e. The number of carboxylic acid groups (broad SMARTS) is 1. The highest BCUT2D eigenvalue weighted by Gasteiger charge is 2.11. The van der Waals surface area contributed by atoms with Crippen molar-refractivity contribution in [2.45, 2.75) is 6.42 Å². The Balaban J connectivity index is 2.69. The minimum atomic E-state index is -1.11. The predicted molar refractivity (Wildman–Crippen MR) is 46.2 cm³/mol. The molecule has 0 saturated heterocycles.